The van der Waals surface area contributed by atoms with Crippen LogP contribution in [0.15, 0.2) is 25.2 Å². The minimum Gasteiger partial charge on any atom is -0.330 e. The quantitative estimate of drug-likeness (QED) is 0.734. The molecule has 14 heavy (non-hydrogen) atoms. The van der Waals surface area contributed by atoms with Crippen molar-refractivity contribution in [1.29, 1.82) is 0 Å². The first kappa shape index (κ1) is 9.46. The molecule has 0 aromatic carbocycles. The number of hydrogen-bond donors (Lipinski definition) is 1. The van der Waals surface area contributed by atoms with Crippen molar-refractivity contribution in [2.45, 2.75) is 25.3 Å². The lowest BCUT2D eigenvalue weighted by Gasteiger charge is -2.23. The zero-order chi connectivity index (χ0) is 9.80. The third kappa shape index (κ3) is 1.87. The predicted octanol–water partition coefficient (Wildman–Crippen LogP) is 1.54. The molecule has 76 valence electrons. The summed E-state index contributed by atoms with van der Waals surface area (Å²) in [5.41, 5.74) is 1.34. The molecule has 1 unspecified atom stereocenters. The van der Waals surface area contributed by atoms with E-state index in [0.717, 1.165) is 19.6 Å². The van der Waals surface area contributed by atoms with Gasteiger partial charge in [-0.3, -0.25) is 0 Å². The maximum Gasteiger partial charge on any atom is 0.0951 e. The van der Waals surface area contributed by atoms with Gasteiger partial charge in [-0.2, -0.15) is 0 Å². The Morgan fingerprint density at radius 2 is 2.64 bits per heavy atom. The molecule has 0 radical (unpaired) electrons. The van der Waals surface area contributed by atoms with Crippen LogP contribution in [0.2, 0.25) is 0 Å². The summed E-state index contributed by atoms with van der Waals surface area (Å²) < 4.78 is 2.19. The SMILES string of the molecule is C=CCn1cncc1C1CCCNC1. The number of hydrogen-bond acceptors (Lipinski definition) is 2. The Balaban J connectivity index is 2.12. The number of allylic oxidation sites excluding steroid dienone is 1. The molecule has 2 heterocycles. The van der Waals surface area contributed by atoms with Gasteiger partial charge in [-0.15, -0.1) is 6.58 Å². The van der Waals surface area contributed by atoms with E-state index in [0.29, 0.717) is 5.92 Å². The van der Waals surface area contributed by atoms with Crippen molar-refractivity contribution < 1.29 is 0 Å². The third-order valence-corrected chi connectivity index (χ3v) is 2.79. The fraction of sp³-hybridized carbons (Fsp3) is 0.545. The molecule has 3 heteroatoms. The molecule has 1 aliphatic rings. The van der Waals surface area contributed by atoms with Gasteiger partial charge in [0, 0.05) is 30.9 Å². The van der Waals surface area contributed by atoms with Gasteiger partial charge < -0.3 is 9.88 Å². The van der Waals surface area contributed by atoms with Crippen molar-refractivity contribution in [1.82, 2.24) is 14.9 Å². The van der Waals surface area contributed by atoms with Gasteiger partial charge in [0.25, 0.3) is 0 Å². The van der Waals surface area contributed by atoms with E-state index in [4.69, 9.17) is 0 Å². The van der Waals surface area contributed by atoms with Crippen LogP contribution in [0.4, 0.5) is 0 Å². The van der Waals surface area contributed by atoms with Gasteiger partial charge >= 0.3 is 0 Å². The first-order valence-corrected chi connectivity index (χ1v) is 5.23. The van der Waals surface area contributed by atoms with Gasteiger partial charge in [0.1, 0.15) is 0 Å². The highest BCUT2D eigenvalue weighted by Crippen LogP contribution is 2.22. The standard InChI is InChI=1S/C11H17N3/c1-2-6-14-9-13-8-11(14)10-4-3-5-12-7-10/h2,8-10,12H,1,3-7H2. The second-order valence-electron chi connectivity index (χ2n) is 3.80. The van der Waals surface area contributed by atoms with Crippen LogP contribution in [0.1, 0.15) is 24.5 Å². The average Bonchev–Trinajstić information content (AvgIpc) is 2.68. The molecule has 1 aromatic heterocycles. The number of aromatic nitrogens is 2. The van der Waals surface area contributed by atoms with Gasteiger partial charge in [0.15, 0.2) is 0 Å². The number of nitrogens with one attached hydrogen (secondary N) is 1. The highest BCUT2D eigenvalue weighted by molar-refractivity contribution is 5.09. The normalized spacial score (nSPS) is 22.1. The summed E-state index contributed by atoms with van der Waals surface area (Å²) in [5, 5.41) is 3.43. The second-order valence-corrected chi connectivity index (χ2v) is 3.80. The Labute approximate surface area is 84.8 Å². The summed E-state index contributed by atoms with van der Waals surface area (Å²) in [6.45, 7) is 6.87. The van der Waals surface area contributed by atoms with Crippen LogP contribution in [-0.4, -0.2) is 22.6 Å². The molecule has 1 saturated heterocycles. The molecule has 1 N–H and O–H groups in total. The molecule has 1 aromatic rings. The average molecular weight is 191 g/mol. The van der Waals surface area contributed by atoms with Gasteiger partial charge in [-0.1, -0.05) is 6.08 Å². The van der Waals surface area contributed by atoms with Crippen molar-refractivity contribution in [2.24, 2.45) is 0 Å². The minimum absolute atomic E-state index is 0.631. The van der Waals surface area contributed by atoms with Crippen molar-refractivity contribution in [2.75, 3.05) is 13.1 Å². The summed E-state index contributed by atoms with van der Waals surface area (Å²) in [6.07, 6.45) is 8.34. The van der Waals surface area contributed by atoms with Crippen molar-refractivity contribution in [3.63, 3.8) is 0 Å². The highest BCUT2D eigenvalue weighted by atomic mass is 15.0. The lowest BCUT2D eigenvalue weighted by molar-refractivity contribution is 0.444. The number of rotatable bonds is 3. The first-order valence-electron chi connectivity index (χ1n) is 5.23. The molecular formula is C11H17N3. The van der Waals surface area contributed by atoms with Crippen LogP contribution >= 0.6 is 0 Å². The van der Waals surface area contributed by atoms with Crippen molar-refractivity contribution in [3.05, 3.63) is 30.9 Å². The second kappa shape index (κ2) is 4.42. The molecule has 0 bridgehead atoms. The van der Waals surface area contributed by atoms with Gasteiger partial charge in [0.2, 0.25) is 0 Å². The molecule has 3 nitrogen and oxygen atoms in total. The van der Waals surface area contributed by atoms with E-state index in [9.17, 15) is 0 Å². The molecule has 1 fully saturated rings. The fourth-order valence-electron chi connectivity index (χ4n) is 2.07. The van der Waals surface area contributed by atoms with E-state index in [1.807, 2.05) is 18.6 Å². The highest BCUT2D eigenvalue weighted by Gasteiger charge is 2.17. The monoisotopic (exact) mass is 191 g/mol. The summed E-state index contributed by atoms with van der Waals surface area (Å²) in [7, 11) is 0. The van der Waals surface area contributed by atoms with Gasteiger partial charge in [-0.25, -0.2) is 4.98 Å². The lowest BCUT2D eigenvalue weighted by atomic mass is 9.96. The zero-order valence-electron chi connectivity index (χ0n) is 8.45. The first-order chi connectivity index (χ1) is 6.92. The summed E-state index contributed by atoms with van der Waals surface area (Å²) in [4.78, 5) is 4.20. The Hall–Kier alpha value is -1.09. The number of piperidine rings is 1. The summed E-state index contributed by atoms with van der Waals surface area (Å²) in [6, 6.07) is 0. The van der Waals surface area contributed by atoms with Crippen LogP contribution < -0.4 is 5.32 Å². The number of imidazole rings is 1. The molecule has 0 amide bonds. The molecule has 0 spiro atoms. The van der Waals surface area contributed by atoms with Crippen LogP contribution in [0.25, 0.3) is 0 Å². The van der Waals surface area contributed by atoms with E-state index >= 15 is 0 Å². The zero-order valence-corrected chi connectivity index (χ0v) is 8.45. The Kier molecular flexibility index (Phi) is 2.99. The van der Waals surface area contributed by atoms with Crippen LogP contribution in [-0.2, 0) is 6.54 Å². The summed E-state index contributed by atoms with van der Waals surface area (Å²) >= 11 is 0. The van der Waals surface area contributed by atoms with Gasteiger partial charge in [0.05, 0.1) is 6.33 Å². The molecule has 0 aliphatic carbocycles. The smallest absolute Gasteiger partial charge is 0.0951 e. The molecular weight excluding hydrogens is 174 g/mol. The van der Waals surface area contributed by atoms with Crippen molar-refractivity contribution in [3.8, 4) is 0 Å². The van der Waals surface area contributed by atoms with Crippen LogP contribution in [0, 0.1) is 0 Å². The Morgan fingerprint density at radius 1 is 1.71 bits per heavy atom. The van der Waals surface area contributed by atoms with E-state index in [1.165, 1.54) is 18.5 Å². The molecule has 1 atom stereocenters. The van der Waals surface area contributed by atoms with Gasteiger partial charge in [-0.05, 0) is 19.4 Å². The third-order valence-electron chi connectivity index (χ3n) is 2.79. The minimum atomic E-state index is 0.631. The maximum atomic E-state index is 4.20. The maximum absolute atomic E-state index is 4.20. The Morgan fingerprint density at radius 3 is 3.36 bits per heavy atom. The van der Waals surface area contributed by atoms with Crippen LogP contribution in [0.3, 0.4) is 0 Å². The topological polar surface area (TPSA) is 29.9 Å². The molecule has 0 saturated carbocycles. The van der Waals surface area contributed by atoms with E-state index in [1.54, 1.807) is 0 Å². The van der Waals surface area contributed by atoms with Crippen molar-refractivity contribution >= 4 is 0 Å². The summed E-state index contributed by atoms with van der Waals surface area (Å²) in [5.74, 6) is 0.631. The Bertz CT molecular complexity index is 297. The van der Waals surface area contributed by atoms with E-state index < -0.39 is 0 Å². The van der Waals surface area contributed by atoms with E-state index in [2.05, 4.69) is 21.4 Å². The largest absolute Gasteiger partial charge is 0.330 e. The predicted molar refractivity (Wildman–Crippen MR) is 57.3 cm³/mol. The molecule has 2 rings (SSSR count). The van der Waals surface area contributed by atoms with Crippen LogP contribution in [0.5, 0.6) is 0 Å². The van der Waals surface area contributed by atoms with E-state index in [-0.39, 0.29) is 0 Å². The molecule has 1 aliphatic heterocycles. The fourth-order valence-corrected chi connectivity index (χ4v) is 2.07. The lowest BCUT2D eigenvalue weighted by Crippen LogP contribution is -2.29. The number of nitrogens with zero attached hydrogens (tertiary/aromatic N) is 2.